The van der Waals surface area contributed by atoms with Crippen molar-refractivity contribution in [1.82, 2.24) is 0 Å². The van der Waals surface area contributed by atoms with Crippen molar-refractivity contribution in [2.24, 2.45) is 0 Å². The fourth-order valence-corrected chi connectivity index (χ4v) is 3.38. The van der Waals surface area contributed by atoms with Gasteiger partial charge in [-0.2, -0.15) is 0 Å². The lowest BCUT2D eigenvalue weighted by molar-refractivity contribution is 0.0324. The van der Waals surface area contributed by atoms with Gasteiger partial charge in [-0.05, 0) is 31.5 Å². The van der Waals surface area contributed by atoms with Gasteiger partial charge in [-0.1, -0.05) is 60.2 Å². The van der Waals surface area contributed by atoms with Crippen LogP contribution in [-0.2, 0) is 11.3 Å². The number of ether oxygens (including phenoxy) is 1. The van der Waals surface area contributed by atoms with E-state index in [0.717, 1.165) is 10.5 Å². The third-order valence-corrected chi connectivity index (χ3v) is 4.56. The van der Waals surface area contributed by atoms with E-state index in [1.807, 2.05) is 48.5 Å². The first-order valence-corrected chi connectivity index (χ1v) is 8.69. The van der Waals surface area contributed by atoms with Gasteiger partial charge in [0.05, 0.1) is 24.6 Å². The summed E-state index contributed by atoms with van der Waals surface area (Å²) >= 11 is 1.67. The Labute approximate surface area is 143 Å². The third-order valence-electron chi connectivity index (χ3n) is 3.29. The molecule has 2 rings (SSSR count). The molecule has 0 aliphatic rings. The van der Waals surface area contributed by atoms with Crippen molar-refractivity contribution in [3.8, 4) is 0 Å². The highest BCUT2D eigenvalue weighted by atomic mass is 32.2. The van der Waals surface area contributed by atoms with Gasteiger partial charge in [0.2, 0.25) is 0 Å². The Kier molecular flexibility index (Phi) is 7.40. The molecule has 3 heteroatoms. The van der Waals surface area contributed by atoms with Crippen molar-refractivity contribution in [2.45, 2.75) is 36.7 Å². The summed E-state index contributed by atoms with van der Waals surface area (Å²) in [6, 6.07) is 20.2. The van der Waals surface area contributed by atoms with Crippen molar-refractivity contribution < 1.29 is 9.84 Å². The van der Waals surface area contributed by atoms with Gasteiger partial charge in [-0.25, -0.2) is 0 Å². The fraction of sp³-hybridized carbons (Fsp3) is 0.300. The highest BCUT2D eigenvalue weighted by Crippen LogP contribution is 2.27. The minimum atomic E-state index is -0.543. The van der Waals surface area contributed by atoms with Gasteiger partial charge in [0.1, 0.15) is 0 Å². The van der Waals surface area contributed by atoms with E-state index in [0.29, 0.717) is 13.2 Å². The number of thioether (sulfide) groups is 1. The van der Waals surface area contributed by atoms with Crippen molar-refractivity contribution in [1.29, 1.82) is 0 Å². The van der Waals surface area contributed by atoms with Gasteiger partial charge in [0, 0.05) is 4.90 Å². The predicted octanol–water partition coefficient (Wildman–Crippen LogP) is 4.69. The van der Waals surface area contributed by atoms with E-state index in [1.165, 1.54) is 5.57 Å². The summed E-state index contributed by atoms with van der Waals surface area (Å²) in [5.74, 6) is 0. The predicted molar refractivity (Wildman–Crippen MR) is 97.6 cm³/mol. The number of aliphatic hydroxyl groups excluding tert-OH is 1. The van der Waals surface area contributed by atoms with Gasteiger partial charge >= 0.3 is 0 Å². The average Bonchev–Trinajstić information content (AvgIpc) is 2.56. The first-order chi connectivity index (χ1) is 11.1. The molecule has 1 N–H and O–H groups in total. The van der Waals surface area contributed by atoms with Crippen LogP contribution in [0.15, 0.2) is 77.2 Å². The molecule has 0 saturated heterocycles. The van der Waals surface area contributed by atoms with E-state index >= 15 is 0 Å². The number of hydrogen-bond donors (Lipinski definition) is 1. The molecule has 2 aromatic carbocycles. The summed E-state index contributed by atoms with van der Waals surface area (Å²) in [5.41, 5.74) is 2.31. The Morgan fingerprint density at radius 2 is 1.65 bits per heavy atom. The third kappa shape index (κ3) is 6.61. The Hall–Kier alpha value is -1.55. The zero-order valence-electron chi connectivity index (χ0n) is 13.7. The quantitative estimate of drug-likeness (QED) is 0.563. The molecule has 2 atom stereocenters. The van der Waals surface area contributed by atoms with Crippen LogP contribution in [0.1, 0.15) is 19.4 Å². The molecule has 0 unspecified atom stereocenters. The van der Waals surface area contributed by atoms with Crippen molar-refractivity contribution in [2.75, 3.05) is 6.61 Å². The Bertz CT molecular complexity index is 592. The van der Waals surface area contributed by atoms with Crippen molar-refractivity contribution in [3.05, 3.63) is 77.9 Å². The van der Waals surface area contributed by atoms with Gasteiger partial charge < -0.3 is 9.84 Å². The maximum Gasteiger partial charge on any atom is 0.0930 e. The Balaban J connectivity index is 1.91. The summed E-state index contributed by atoms with van der Waals surface area (Å²) in [6.07, 6.45) is 1.56. The Morgan fingerprint density at radius 3 is 2.26 bits per heavy atom. The van der Waals surface area contributed by atoms with Crippen molar-refractivity contribution in [3.63, 3.8) is 0 Å². The largest absolute Gasteiger partial charge is 0.389 e. The van der Waals surface area contributed by atoms with Crippen LogP contribution in [0, 0.1) is 0 Å². The fourth-order valence-electron chi connectivity index (χ4n) is 2.17. The summed E-state index contributed by atoms with van der Waals surface area (Å²) in [6.45, 7) is 4.95. The smallest absolute Gasteiger partial charge is 0.0930 e. The summed E-state index contributed by atoms with van der Waals surface area (Å²) in [5, 5.41) is 10.5. The molecule has 0 aromatic heterocycles. The summed E-state index contributed by atoms with van der Waals surface area (Å²) in [7, 11) is 0. The van der Waals surface area contributed by atoms with Gasteiger partial charge in [-0.15, -0.1) is 11.8 Å². The highest BCUT2D eigenvalue weighted by Gasteiger charge is 2.18. The molecule has 2 aromatic rings. The highest BCUT2D eigenvalue weighted by molar-refractivity contribution is 8.00. The Morgan fingerprint density at radius 1 is 1.04 bits per heavy atom. The molecule has 0 aliphatic carbocycles. The molecular weight excluding hydrogens is 304 g/mol. The lowest BCUT2D eigenvalue weighted by Crippen LogP contribution is -2.27. The monoisotopic (exact) mass is 328 g/mol. The second kappa shape index (κ2) is 9.56. The molecule has 0 radical (unpaired) electrons. The molecule has 0 saturated carbocycles. The van der Waals surface area contributed by atoms with Crippen LogP contribution in [-0.4, -0.2) is 23.1 Å². The van der Waals surface area contributed by atoms with Crippen LogP contribution in [0.3, 0.4) is 0 Å². The molecule has 0 heterocycles. The van der Waals surface area contributed by atoms with E-state index < -0.39 is 6.10 Å². The van der Waals surface area contributed by atoms with E-state index in [2.05, 4.69) is 32.1 Å². The van der Waals surface area contributed by atoms with Crippen LogP contribution in [0.4, 0.5) is 0 Å². The molecule has 23 heavy (non-hydrogen) atoms. The maximum absolute atomic E-state index is 10.5. The molecular formula is C20H24O2S. The van der Waals surface area contributed by atoms with E-state index in [9.17, 15) is 5.11 Å². The molecule has 0 amide bonds. The summed E-state index contributed by atoms with van der Waals surface area (Å²) < 4.78 is 5.69. The standard InChI is InChI=1S/C20H24O2S/c1-16(2)13-20(23-18-11-7-4-8-12-18)19(21)15-22-14-17-9-5-3-6-10-17/h3-13,19-21H,14-15H2,1-2H3/t19-,20-/m0/s1. The molecule has 0 fully saturated rings. The van der Waals surface area contributed by atoms with Gasteiger partial charge in [0.25, 0.3) is 0 Å². The normalized spacial score (nSPS) is 13.3. The van der Waals surface area contributed by atoms with Crippen LogP contribution < -0.4 is 0 Å². The first kappa shape index (κ1) is 17.8. The van der Waals surface area contributed by atoms with E-state index in [-0.39, 0.29) is 5.25 Å². The van der Waals surface area contributed by atoms with Crippen LogP contribution in [0.2, 0.25) is 0 Å². The number of benzene rings is 2. The molecule has 0 bridgehead atoms. The number of rotatable bonds is 8. The second-order valence-electron chi connectivity index (χ2n) is 5.71. The average molecular weight is 328 g/mol. The van der Waals surface area contributed by atoms with E-state index in [1.54, 1.807) is 11.8 Å². The zero-order valence-corrected chi connectivity index (χ0v) is 14.5. The lowest BCUT2D eigenvalue weighted by atomic mass is 10.2. The zero-order chi connectivity index (χ0) is 16.5. The molecule has 0 aliphatic heterocycles. The summed E-state index contributed by atoms with van der Waals surface area (Å²) in [4.78, 5) is 1.15. The van der Waals surface area contributed by atoms with Crippen LogP contribution in [0.5, 0.6) is 0 Å². The maximum atomic E-state index is 10.5. The SMILES string of the molecule is CC(C)=C[C@H](Sc1ccccc1)[C@@H](O)COCc1ccccc1. The van der Waals surface area contributed by atoms with E-state index in [4.69, 9.17) is 4.74 Å². The van der Waals surface area contributed by atoms with Crippen molar-refractivity contribution >= 4 is 11.8 Å². The second-order valence-corrected chi connectivity index (χ2v) is 6.96. The van der Waals surface area contributed by atoms with Gasteiger partial charge in [-0.3, -0.25) is 0 Å². The minimum Gasteiger partial charge on any atom is -0.389 e. The molecule has 2 nitrogen and oxygen atoms in total. The van der Waals surface area contributed by atoms with Gasteiger partial charge in [0.15, 0.2) is 0 Å². The number of hydrogen-bond acceptors (Lipinski definition) is 3. The molecule has 0 spiro atoms. The lowest BCUT2D eigenvalue weighted by Gasteiger charge is -2.20. The molecule has 122 valence electrons. The number of allylic oxidation sites excluding steroid dienone is 1. The van der Waals surface area contributed by atoms with Crippen LogP contribution in [0.25, 0.3) is 0 Å². The topological polar surface area (TPSA) is 29.5 Å². The van der Waals surface area contributed by atoms with Crippen LogP contribution >= 0.6 is 11.8 Å². The first-order valence-electron chi connectivity index (χ1n) is 7.81. The number of aliphatic hydroxyl groups is 1. The minimum absolute atomic E-state index is 0.0156.